The van der Waals surface area contributed by atoms with Gasteiger partial charge < -0.3 is 65.1 Å². The number of aliphatic hydroxyl groups excluding tert-OH is 8. The summed E-state index contributed by atoms with van der Waals surface area (Å²) < 4.78 is 22.5. The van der Waals surface area contributed by atoms with Crippen LogP contribution in [0.4, 0.5) is 0 Å². The van der Waals surface area contributed by atoms with Gasteiger partial charge >= 0.3 is 0 Å². The summed E-state index contributed by atoms with van der Waals surface area (Å²) in [5.74, 6) is -0.221. The van der Waals surface area contributed by atoms with Crippen molar-refractivity contribution >= 4 is 5.91 Å². The van der Waals surface area contributed by atoms with E-state index in [-0.39, 0.29) is 12.5 Å². The summed E-state index contributed by atoms with van der Waals surface area (Å²) in [5, 5.41) is 86.0. The van der Waals surface area contributed by atoms with Crippen LogP contribution in [-0.2, 0) is 23.7 Å². The summed E-state index contributed by atoms with van der Waals surface area (Å²) in [6.07, 6.45) is 4.60. The van der Waals surface area contributed by atoms with E-state index in [1.54, 1.807) is 0 Å². The maximum Gasteiger partial charge on any atom is 0.220 e. The predicted octanol–water partition coefficient (Wildman–Crippen LogP) is 2.31. The molecule has 0 aliphatic carbocycles. The molecule has 12 atom stereocenters. The second kappa shape index (κ2) is 27.6. The standard InChI is InChI=1S/C38H73NO13/c1-3-5-7-9-10-11-12-13-14-15-16-18-19-21-27(42)26(39-30(43)22-20-17-8-6-4-2)25-49-37-35(48)33(46)36(29(24-41)51-37)52-38-34(47)32(45)31(44)28(23-40)50-38/h26-29,31-38,40-42,44-48H,3-25H2,1-2H3,(H,39,43)/t26-,27+,28+,29+,31-,32-,33+,34+,35+,36+,37+,38-/m0/s1. The SMILES string of the molecule is CCCCCCCCCCCCCCC[C@@H](O)[C@H](CO[C@@H]1O[C@H](CO)[C@@H](O[C@@H]2O[C@H](CO)[C@H](O)[C@H](O)[C@H]2O)[C@H](O)[C@H]1O)NC(=O)CCCCCCC. The summed E-state index contributed by atoms with van der Waals surface area (Å²) in [6, 6.07) is -0.816. The minimum absolute atomic E-state index is 0.221. The Bertz CT molecular complexity index is 899. The highest BCUT2D eigenvalue weighted by atomic mass is 16.7. The van der Waals surface area contributed by atoms with Gasteiger partial charge in [0.05, 0.1) is 32.0 Å². The fourth-order valence-electron chi connectivity index (χ4n) is 6.88. The molecule has 0 radical (unpaired) electrons. The molecule has 2 rings (SSSR count). The van der Waals surface area contributed by atoms with Crippen molar-refractivity contribution in [2.75, 3.05) is 19.8 Å². The maximum atomic E-state index is 12.9. The number of nitrogens with one attached hydrogen (secondary N) is 1. The van der Waals surface area contributed by atoms with E-state index < -0.39 is 86.8 Å². The van der Waals surface area contributed by atoms with Crippen molar-refractivity contribution in [1.82, 2.24) is 5.32 Å². The van der Waals surface area contributed by atoms with Crippen molar-refractivity contribution in [1.29, 1.82) is 0 Å². The van der Waals surface area contributed by atoms with Gasteiger partial charge in [0.25, 0.3) is 0 Å². The van der Waals surface area contributed by atoms with Gasteiger partial charge in [0.1, 0.15) is 48.8 Å². The molecule has 0 aromatic heterocycles. The number of carbonyl (C=O) groups excluding carboxylic acids is 1. The van der Waals surface area contributed by atoms with Crippen molar-refractivity contribution in [3.8, 4) is 0 Å². The van der Waals surface area contributed by atoms with Crippen LogP contribution in [0.25, 0.3) is 0 Å². The van der Waals surface area contributed by atoms with Crippen molar-refractivity contribution in [3.63, 3.8) is 0 Å². The summed E-state index contributed by atoms with van der Waals surface area (Å²) in [4.78, 5) is 12.9. The van der Waals surface area contributed by atoms with Crippen LogP contribution in [0.1, 0.15) is 142 Å². The number of aliphatic hydroxyl groups is 8. The first-order valence-corrected chi connectivity index (χ1v) is 20.3. The van der Waals surface area contributed by atoms with Gasteiger partial charge in [0, 0.05) is 6.42 Å². The highest BCUT2D eigenvalue weighted by molar-refractivity contribution is 5.76. The van der Waals surface area contributed by atoms with Gasteiger partial charge in [-0.05, 0) is 12.8 Å². The van der Waals surface area contributed by atoms with Crippen molar-refractivity contribution in [2.24, 2.45) is 0 Å². The van der Waals surface area contributed by atoms with Crippen molar-refractivity contribution in [3.05, 3.63) is 0 Å². The number of hydrogen-bond donors (Lipinski definition) is 9. The molecule has 2 aliphatic rings. The van der Waals surface area contributed by atoms with Gasteiger partial charge in [0.15, 0.2) is 12.6 Å². The zero-order valence-electron chi connectivity index (χ0n) is 31.8. The minimum atomic E-state index is -1.78. The predicted molar refractivity (Wildman–Crippen MR) is 194 cm³/mol. The first kappa shape index (κ1) is 47.1. The molecule has 0 aromatic carbocycles. The molecule has 52 heavy (non-hydrogen) atoms. The van der Waals surface area contributed by atoms with E-state index in [0.717, 1.165) is 57.8 Å². The third-order valence-electron chi connectivity index (χ3n) is 10.3. The fraction of sp³-hybridized carbons (Fsp3) is 0.974. The van der Waals surface area contributed by atoms with Gasteiger partial charge in [0.2, 0.25) is 5.91 Å². The van der Waals surface area contributed by atoms with E-state index in [9.17, 15) is 45.6 Å². The van der Waals surface area contributed by atoms with Crippen LogP contribution in [0.2, 0.25) is 0 Å². The van der Waals surface area contributed by atoms with Gasteiger partial charge in [-0.3, -0.25) is 4.79 Å². The molecule has 9 N–H and O–H groups in total. The quantitative estimate of drug-likeness (QED) is 0.0501. The molecule has 2 saturated heterocycles. The number of rotatable bonds is 29. The highest BCUT2D eigenvalue weighted by Crippen LogP contribution is 2.30. The third-order valence-corrected chi connectivity index (χ3v) is 10.3. The molecule has 0 saturated carbocycles. The van der Waals surface area contributed by atoms with E-state index >= 15 is 0 Å². The lowest BCUT2D eigenvalue weighted by Crippen LogP contribution is -2.65. The first-order chi connectivity index (χ1) is 25.1. The average Bonchev–Trinajstić information content (AvgIpc) is 3.14. The van der Waals surface area contributed by atoms with Gasteiger partial charge in [-0.25, -0.2) is 0 Å². The van der Waals surface area contributed by atoms with E-state index in [1.807, 2.05) is 0 Å². The Kier molecular flexibility index (Phi) is 25.0. The summed E-state index contributed by atoms with van der Waals surface area (Å²) >= 11 is 0. The van der Waals surface area contributed by atoms with Gasteiger partial charge in [-0.15, -0.1) is 0 Å². The molecule has 14 nitrogen and oxygen atoms in total. The monoisotopic (exact) mass is 752 g/mol. The number of unbranched alkanes of at least 4 members (excludes halogenated alkanes) is 16. The molecular weight excluding hydrogens is 678 g/mol. The number of ether oxygens (including phenoxy) is 4. The summed E-state index contributed by atoms with van der Waals surface area (Å²) in [7, 11) is 0. The van der Waals surface area contributed by atoms with Crippen LogP contribution < -0.4 is 5.32 Å². The molecule has 308 valence electrons. The smallest absolute Gasteiger partial charge is 0.220 e. The van der Waals surface area contributed by atoms with Crippen molar-refractivity contribution in [2.45, 2.75) is 216 Å². The topological polar surface area (TPSA) is 228 Å². The normalized spacial score (nSPS) is 30.7. The lowest BCUT2D eigenvalue weighted by Gasteiger charge is -2.46. The first-order valence-electron chi connectivity index (χ1n) is 20.3. The number of carbonyl (C=O) groups is 1. The zero-order valence-corrected chi connectivity index (χ0v) is 31.8. The van der Waals surface area contributed by atoms with E-state index in [2.05, 4.69) is 19.2 Å². The highest BCUT2D eigenvalue weighted by Gasteiger charge is 2.50. The van der Waals surface area contributed by atoms with E-state index in [4.69, 9.17) is 18.9 Å². The van der Waals surface area contributed by atoms with Gasteiger partial charge in [-0.1, -0.05) is 123 Å². The Balaban J connectivity index is 1.90. The number of hydrogen-bond acceptors (Lipinski definition) is 13. The van der Waals surface area contributed by atoms with E-state index in [0.29, 0.717) is 12.8 Å². The Morgan fingerprint density at radius 2 is 1.10 bits per heavy atom. The second-order valence-electron chi connectivity index (χ2n) is 14.8. The van der Waals surface area contributed by atoms with Crippen LogP contribution in [0.15, 0.2) is 0 Å². The lowest BCUT2D eigenvalue weighted by molar-refractivity contribution is -0.359. The Hall–Kier alpha value is -1.01. The molecule has 0 bridgehead atoms. The second-order valence-corrected chi connectivity index (χ2v) is 14.8. The lowest BCUT2D eigenvalue weighted by atomic mass is 9.97. The zero-order chi connectivity index (χ0) is 38.3. The molecule has 1 amide bonds. The molecule has 2 aliphatic heterocycles. The van der Waals surface area contributed by atoms with Crippen LogP contribution in [0, 0.1) is 0 Å². The Morgan fingerprint density at radius 3 is 1.63 bits per heavy atom. The van der Waals surface area contributed by atoms with Crippen LogP contribution in [0.5, 0.6) is 0 Å². The average molecular weight is 752 g/mol. The molecule has 0 unspecified atom stereocenters. The summed E-state index contributed by atoms with van der Waals surface area (Å²) in [6.45, 7) is 2.71. The molecule has 14 heteroatoms. The fourth-order valence-corrected chi connectivity index (χ4v) is 6.88. The third kappa shape index (κ3) is 16.8. The maximum absolute atomic E-state index is 12.9. The number of amides is 1. The van der Waals surface area contributed by atoms with Crippen molar-refractivity contribution < 1.29 is 64.6 Å². The largest absolute Gasteiger partial charge is 0.394 e. The van der Waals surface area contributed by atoms with Crippen LogP contribution >= 0.6 is 0 Å². The van der Waals surface area contributed by atoms with E-state index in [1.165, 1.54) is 57.8 Å². The minimum Gasteiger partial charge on any atom is -0.394 e. The Morgan fingerprint density at radius 1 is 0.615 bits per heavy atom. The molecule has 2 heterocycles. The van der Waals surface area contributed by atoms with Gasteiger partial charge in [-0.2, -0.15) is 0 Å². The Labute approximate surface area is 311 Å². The van der Waals surface area contributed by atoms with Crippen LogP contribution in [0.3, 0.4) is 0 Å². The summed E-state index contributed by atoms with van der Waals surface area (Å²) in [5.41, 5.74) is 0. The molecular formula is C38H73NO13. The molecule has 2 fully saturated rings. The van der Waals surface area contributed by atoms with Crippen LogP contribution in [-0.4, -0.2) is 140 Å². The molecule has 0 aromatic rings. The molecule has 0 spiro atoms.